The average molecular weight is 938 g/mol. The number of urea groups is 1. The Bertz CT molecular complexity index is 2300. The second-order valence-corrected chi connectivity index (χ2v) is 22.4. The molecule has 1 saturated heterocycles. The summed E-state index contributed by atoms with van der Waals surface area (Å²) in [5, 5.41) is 15.5. The number of thiazole rings is 1. The first-order valence-corrected chi connectivity index (χ1v) is 25.5. The van der Waals surface area contributed by atoms with Crippen LogP contribution in [0.4, 0.5) is 9.93 Å². The summed E-state index contributed by atoms with van der Waals surface area (Å²) in [6.07, 6.45) is 11.0. The second kappa shape index (κ2) is 21.6. The number of nitrogens with zero attached hydrogens (tertiary/aromatic N) is 3. The van der Waals surface area contributed by atoms with E-state index in [-0.39, 0.29) is 31.2 Å². The fourth-order valence-corrected chi connectivity index (χ4v) is 11.1. The van der Waals surface area contributed by atoms with Crippen molar-refractivity contribution >= 4 is 61.0 Å². The van der Waals surface area contributed by atoms with Gasteiger partial charge in [-0.1, -0.05) is 44.3 Å². The number of nitrogens with one attached hydrogen (secondary N) is 4. The molecule has 1 aliphatic carbocycles. The van der Waals surface area contributed by atoms with Crippen molar-refractivity contribution in [2.45, 2.75) is 159 Å². The van der Waals surface area contributed by atoms with E-state index in [9.17, 15) is 22.8 Å². The third-order valence-corrected chi connectivity index (χ3v) is 16.0. The van der Waals surface area contributed by atoms with Crippen molar-refractivity contribution in [3.63, 3.8) is 0 Å². The maximum Gasteiger partial charge on any atom is 0.328 e. The highest BCUT2D eigenvalue weighted by molar-refractivity contribution is 7.92. The molecule has 4 atom stereocenters. The normalized spacial score (nSPS) is 23.0. The number of aromatic nitrogens is 2. The van der Waals surface area contributed by atoms with Crippen molar-refractivity contribution in [1.82, 2.24) is 30.8 Å². The summed E-state index contributed by atoms with van der Waals surface area (Å²) in [5.74, 6) is -0.781. The number of amides is 4. The first kappa shape index (κ1) is 49.5. The van der Waals surface area contributed by atoms with Crippen molar-refractivity contribution in [3.05, 3.63) is 41.8 Å². The minimum absolute atomic E-state index is 0.00935. The van der Waals surface area contributed by atoms with Gasteiger partial charge in [0.05, 0.1) is 48.0 Å². The first-order valence-electron chi connectivity index (χ1n) is 22.9. The monoisotopic (exact) mass is 937 g/mol. The zero-order chi connectivity index (χ0) is 46.9. The Morgan fingerprint density at radius 2 is 1.71 bits per heavy atom. The highest BCUT2D eigenvalue weighted by Gasteiger charge is 2.46. The van der Waals surface area contributed by atoms with E-state index in [0.29, 0.717) is 65.9 Å². The minimum atomic E-state index is -3.62. The highest BCUT2D eigenvalue weighted by Crippen LogP contribution is 2.36. The molecule has 4 N–H and O–H groups in total. The van der Waals surface area contributed by atoms with Crippen molar-refractivity contribution < 1.29 is 41.8 Å². The zero-order valence-corrected chi connectivity index (χ0v) is 40.5. The molecule has 3 aromatic rings. The summed E-state index contributed by atoms with van der Waals surface area (Å²) in [6, 6.07) is 3.72. The fourth-order valence-electron chi connectivity index (χ4n) is 8.74. The van der Waals surface area contributed by atoms with Crippen LogP contribution in [0.3, 0.4) is 0 Å². The van der Waals surface area contributed by atoms with Crippen LogP contribution >= 0.6 is 11.3 Å². The van der Waals surface area contributed by atoms with Gasteiger partial charge >= 0.3 is 12.0 Å². The molecule has 65 heavy (non-hydrogen) atoms. The number of carbonyl (C=O) groups is 4. The lowest BCUT2D eigenvalue weighted by atomic mass is 9.83. The van der Waals surface area contributed by atoms with Crippen molar-refractivity contribution in [2.24, 2.45) is 0 Å². The van der Waals surface area contributed by atoms with Crippen LogP contribution < -0.4 is 30.7 Å². The Labute approximate surface area is 387 Å². The van der Waals surface area contributed by atoms with Crippen LogP contribution in [0.25, 0.3) is 22.3 Å². The Morgan fingerprint density at radius 1 is 0.969 bits per heavy atom. The van der Waals surface area contributed by atoms with Gasteiger partial charge in [-0.3, -0.25) is 9.59 Å². The molecule has 2 aliphatic heterocycles. The third kappa shape index (κ3) is 12.7. The highest BCUT2D eigenvalue weighted by atomic mass is 32.2. The molecule has 1 aromatic carbocycles. The molecule has 0 spiro atoms. The van der Waals surface area contributed by atoms with Gasteiger partial charge in [-0.25, -0.2) is 28.0 Å². The maximum atomic E-state index is 15.0. The maximum absolute atomic E-state index is 15.0. The Hall–Kier alpha value is -4.97. The van der Waals surface area contributed by atoms with E-state index in [0.717, 1.165) is 43.7 Å². The molecule has 4 amide bonds. The number of hydrogen-bond acceptors (Lipinski definition) is 13. The standard InChI is InChI=1S/C47H67N7O9S2/c1-30(2)48-45-52-38(28-64-45)37-26-40(33-21-20-31(61-6)24-36(33)49-37)63-32-25-39-41(55)50-35(43(57)62-7)19-15-12-10-8-9-11-14-18-34(42(56)54(39)27-32)51-44(58)53-47(22-16-13-17-23-47)29-65(59,60)46(3,4)5/h10,12,20-21,24,26,28,30,32,34-35,39H,8-9,11,13-19,22-23,25,27,29H2,1-7H3,(H,48,52)(H,50,55)(H2,51,53,58)/b12-10+/t32?,34-,35-,39-/m0/s1. The minimum Gasteiger partial charge on any atom is -0.497 e. The zero-order valence-electron chi connectivity index (χ0n) is 38.9. The van der Waals surface area contributed by atoms with Crippen molar-refractivity contribution in [1.29, 1.82) is 0 Å². The molecule has 0 bridgehead atoms. The predicted molar refractivity (Wildman–Crippen MR) is 253 cm³/mol. The van der Waals surface area contributed by atoms with Crippen LogP contribution in [0.15, 0.2) is 41.8 Å². The number of carbonyl (C=O) groups excluding carboxylic acids is 4. The Balaban J connectivity index is 1.33. The van der Waals surface area contributed by atoms with Gasteiger partial charge in [-0.2, -0.15) is 0 Å². The van der Waals surface area contributed by atoms with Gasteiger partial charge < -0.3 is 40.4 Å². The average Bonchev–Trinajstić information content (AvgIpc) is 3.90. The lowest BCUT2D eigenvalue weighted by Gasteiger charge is -2.40. The number of fused-ring (bicyclic) bond motifs is 2. The summed E-state index contributed by atoms with van der Waals surface area (Å²) < 4.78 is 43.5. The molecule has 4 heterocycles. The molecular weight excluding hydrogens is 871 g/mol. The number of rotatable bonds is 11. The quantitative estimate of drug-likeness (QED) is 0.112. The Morgan fingerprint density at radius 3 is 2.42 bits per heavy atom. The van der Waals surface area contributed by atoms with Crippen molar-refractivity contribution in [3.8, 4) is 22.9 Å². The van der Waals surface area contributed by atoms with Gasteiger partial charge in [0.15, 0.2) is 15.0 Å². The molecular formula is C47H67N7O9S2. The number of allylic oxidation sites excluding steroid dienone is 2. The lowest BCUT2D eigenvalue weighted by Crippen LogP contribution is -2.61. The third-order valence-electron chi connectivity index (χ3n) is 12.4. The molecule has 1 saturated carbocycles. The van der Waals surface area contributed by atoms with Crippen LogP contribution in [-0.4, -0.2) is 114 Å². The van der Waals surface area contributed by atoms with E-state index in [1.54, 1.807) is 40.0 Å². The number of pyridine rings is 1. The summed E-state index contributed by atoms with van der Waals surface area (Å²) >= 11 is 1.46. The molecule has 1 unspecified atom stereocenters. The largest absolute Gasteiger partial charge is 0.497 e. The summed E-state index contributed by atoms with van der Waals surface area (Å²) in [6.45, 7) is 9.04. The number of sulfone groups is 1. The van der Waals surface area contributed by atoms with Crippen LogP contribution in [0, 0.1) is 0 Å². The molecule has 0 radical (unpaired) electrons. The number of hydrogen-bond donors (Lipinski definition) is 4. The molecule has 356 valence electrons. The number of methoxy groups -OCH3 is 2. The topological polar surface area (TPSA) is 207 Å². The molecule has 3 aliphatic rings. The van der Waals surface area contributed by atoms with E-state index >= 15 is 4.79 Å². The van der Waals surface area contributed by atoms with Crippen molar-refractivity contribution in [2.75, 3.05) is 31.8 Å². The number of ether oxygens (including phenoxy) is 3. The lowest BCUT2D eigenvalue weighted by molar-refractivity contribution is -0.146. The van der Waals surface area contributed by atoms with Crippen LogP contribution in [0.5, 0.6) is 11.5 Å². The van der Waals surface area contributed by atoms with Crippen LogP contribution in [0.1, 0.15) is 118 Å². The molecule has 16 nitrogen and oxygen atoms in total. The van der Waals surface area contributed by atoms with Gasteiger partial charge in [0.25, 0.3) is 0 Å². The number of esters is 1. The SMILES string of the molecule is COC(=O)[C@@H]1CC/C=C/CCCCC[C@H](NC(=O)NC2(CS(=O)(=O)C(C)(C)C)CCCCC2)C(=O)N2CC(Oc3cc(-c4csc(NC(C)C)n4)nc4cc(OC)ccc34)C[C@H]2C(=O)N1. The summed E-state index contributed by atoms with van der Waals surface area (Å²) in [4.78, 5) is 67.7. The molecule has 18 heteroatoms. The van der Waals surface area contributed by atoms with E-state index in [4.69, 9.17) is 24.2 Å². The molecule has 6 rings (SSSR count). The van der Waals surface area contributed by atoms with Gasteiger partial charge in [-0.15, -0.1) is 11.3 Å². The molecule has 2 fully saturated rings. The number of anilines is 1. The smallest absolute Gasteiger partial charge is 0.328 e. The molecule has 2 aromatic heterocycles. The summed E-state index contributed by atoms with van der Waals surface area (Å²) in [7, 11) is -0.769. The van der Waals surface area contributed by atoms with Crippen LogP contribution in [-0.2, 0) is 29.0 Å². The van der Waals surface area contributed by atoms with Gasteiger partial charge in [0.2, 0.25) is 11.8 Å². The van der Waals surface area contributed by atoms with Gasteiger partial charge in [0, 0.05) is 35.4 Å². The van der Waals surface area contributed by atoms with Crippen LogP contribution in [0.2, 0.25) is 0 Å². The van der Waals surface area contributed by atoms with E-state index < -0.39 is 68.2 Å². The van der Waals surface area contributed by atoms with E-state index in [2.05, 4.69) is 21.3 Å². The fraction of sp³-hybridized carbons (Fsp3) is 0.617. The Kier molecular flexibility index (Phi) is 16.4. The van der Waals surface area contributed by atoms with Gasteiger partial charge in [-0.05, 0) is 91.7 Å². The van der Waals surface area contributed by atoms with E-state index in [1.807, 2.05) is 43.5 Å². The van der Waals surface area contributed by atoms with E-state index in [1.165, 1.54) is 23.3 Å². The predicted octanol–water partition coefficient (Wildman–Crippen LogP) is 7.08. The first-order chi connectivity index (χ1) is 30.9. The second-order valence-electron chi connectivity index (χ2n) is 18.8. The summed E-state index contributed by atoms with van der Waals surface area (Å²) in [5.41, 5.74) is 0.792. The van der Waals surface area contributed by atoms with Gasteiger partial charge in [0.1, 0.15) is 41.4 Å². The number of benzene rings is 1.